The predicted molar refractivity (Wildman–Crippen MR) is 115 cm³/mol. The number of ether oxygens (including phenoxy) is 1. The average molecular weight is 479 g/mol. The van der Waals surface area contributed by atoms with Crippen LogP contribution in [0.1, 0.15) is 27.9 Å². The van der Waals surface area contributed by atoms with Gasteiger partial charge in [0, 0.05) is 11.6 Å². The molecule has 0 bridgehead atoms. The molecule has 0 atom stereocenters. The second-order valence-corrected chi connectivity index (χ2v) is 8.04. The number of carbonyl (C=O) groups excluding carboxylic acids is 2. The number of amidine groups is 1. The van der Waals surface area contributed by atoms with Crippen molar-refractivity contribution in [3.63, 3.8) is 0 Å². The fraction of sp³-hybridized carbons (Fsp3) is 0.176. The third-order valence-electron chi connectivity index (χ3n) is 3.89. The van der Waals surface area contributed by atoms with Crippen molar-refractivity contribution in [2.24, 2.45) is 4.99 Å². The van der Waals surface area contributed by atoms with Crippen LogP contribution in [0, 0.1) is 27.2 Å². The highest BCUT2D eigenvalue weighted by Gasteiger charge is 2.28. The van der Waals surface area contributed by atoms with Crippen LogP contribution >= 0.6 is 23.1 Å². The van der Waals surface area contributed by atoms with E-state index in [1.54, 1.807) is 13.8 Å². The number of thioether (sulfide) groups is 1. The van der Waals surface area contributed by atoms with Gasteiger partial charge in [0.05, 0.1) is 33.1 Å². The number of nitrogens with zero attached hydrogens (tertiary/aromatic N) is 4. The number of hydrogen-bond donors (Lipinski definition) is 2. The van der Waals surface area contributed by atoms with Crippen molar-refractivity contribution >= 4 is 62.7 Å². The molecular weight excluding hydrogens is 466 g/mol. The maximum Gasteiger partial charge on any atom is 0.350 e. The standard InChI is InChI=1S/C17H13N5O8S2/c1-3-30-15(25)13-7(2)18-16(32-13)20-17-19-14(24)11(31-17)5-8-4-9(21(26)27)6-10(12(8)23)22(28)29/h4-6,23H,3H2,1-2H3,(H,18,19,20,24)/b11-5-. The first kappa shape index (κ1) is 22.8. The minimum atomic E-state index is -0.967. The molecule has 32 heavy (non-hydrogen) atoms. The lowest BCUT2D eigenvalue weighted by Gasteiger charge is -2.02. The molecule has 2 N–H and O–H groups in total. The third-order valence-corrected chi connectivity index (χ3v) is 5.83. The lowest BCUT2D eigenvalue weighted by molar-refractivity contribution is -0.394. The van der Waals surface area contributed by atoms with Crippen LogP contribution in [0.4, 0.5) is 16.5 Å². The number of aromatic hydroxyl groups is 1. The summed E-state index contributed by atoms with van der Waals surface area (Å²) in [5, 5.41) is 35.0. The lowest BCUT2D eigenvalue weighted by Crippen LogP contribution is -2.19. The van der Waals surface area contributed by atoms with E-state index in [2.05, 4.69) is 15.3 Å². The summed E-state index contributed by atoms with van der Waals surface area (Å²) in [6, 6.07) is 1.53. The van der Waals surface area contributed by atoms with Gasteiger partial charge in [0.1, 0.15) is 4.88 Å². The average Bonchev–Trinajstić information content (AvgIpc) is 3.24. The molecule has 166 valence electrons. The Morgan fingerprint density at radius 3 is 2.69 bits per heavy atom. The van der Waals surface area contributed by atoms with Crippen LogP contribution in [0.5, 0.6) is 5.75 Å². The molecule has 1 aromatic heterocycles. The van der Waals surface area contributed by atoms with Crippen molar-refractivity contribution in [2.45, 2.75) is 13.8 Å². The molecule has 0 saturated carbocycles. The molecule has 0 radical (unpaired) electrons. The topological polar surface area (TPSA) is 187 Å². The van der Waals surface area contributed by atoms with Gasteiger partial charge in [-0.2, -0.15) is 4.99 Å². The number of amides is 1. The van der Waals surface area contributed by atoms with E-state index in [9.17, 15) is 34.9 Å². The number of phenols is 1. The minimum absolute atomic E-state index is 0.0206. The molecule has 1 aromatic carbocycles. The molecule has 0 aliphatic carbocycles. The summed E-state index contributed by atoms with van der Waals surface area (Å²) in [5.74, 6) is -2.00. The number of non-ortho nitro benzene ring substituents is 1. The van der Waals surface area contributed by atoms with Crippen LogP contribution in [-0.4, -0.2) is 43.6 Å². The number of benzene rings is 1. The van der Waals surface area contributed by atoms with Crippen molar-refractivity contribution in [1.82, 2.24) is 10.3 Å². The Hall–Kier alpha value is -3.85. The van der Waals surface area contributed by atoms with Gasteiger partial charge in [-0.15, -0.1) is 0 Å². The van der Waals surface area contributed by atoms with Crippen molar-refractivity contribution in [3.05, 3.63) is 53.4 Å². The maximum atomic E-state index is 12.3. The molecule has 2 aromatic rings. The number of thiazole rings is 1. The summed E-state index contributed by atoms with van der Waals surface area (Å²) in [6.07, 6.45) is 1.08. The highest BCUT2D eigenvalue weighted by molar-refractivity contribution is 8.18. The monoisotopic (exact) mass is 479 g/mol. The SMILES string of the molecule is CCOC(=O)c1sc(/N=C2\NC(=O)/C(=C/c3cc([N+](=O)[O-])cc([N+](=O)[O-])c3O)S2)nc1C. The predicted octanol–water partition coefficient (Wildman–Crippen LogP) is 3.04. The quantitative estimate of drug-likeness (QED) is 0.270. The van der Waals surface area contributed by atoms with Crippen LogP contribution in [0.3, 0.4) is 0 Å². The number of nitro benzene ring substituents is 2. The number of nitro groups is 2. The Balaban J connectivity index is 1.93. The number of esters is 1. The lowest BCUT2D eigenvalue weighted by atomic mass is 10.1. The van der Waals surface area contributed by atoms with Crippen molar-refractivity contribution in [1.29, 1.82) is 0 Å². The Morgan fingerprint density at radius 1 is 1.34 bits per heavy atom. The zero-order valence-corrected chi connectivity index (χ0v) is 18.0. The first-order valence-electron chi connectivity index (χ1n) is 8.70. The van der Waals surface area contributed by atoms with Crippen LogP contribution < -0.4 is 5.32 Å². The first-order chi connectivity index (χ1) is 15.1. The Labute approximate surface area is 187 Å². The summed E-state index contributed by atoms with van der Waals surface area (Å²) in [4.78, 5) is 53.0. The van der Waals surface area contributed by atoms with E-state index in [1.165, 1.54) is 0 Å². The summed E-state index contributed by atoms with van der Waals surface area (Å²) < 4.78 is 4.94. The van der Waals surface area contributed by atoms with Crippen LogP contribution in [0.2, 0.25) is 0 Å². The van der Waals surface area contributed by atoms with E-state index in [-0.39, 0.29) is 32.3 Å². The van der Waals surface area contributed by atoms with Gasteiger partial charge in [0.25, 0.3) is 11.6 Å². The van der Waals surface area contributed by atoms with E-state index in [1.807, 2.05) is 0 Å². The molecule has 3 rings (SSSR count). The summed E-state index contributed by atoms with van der Waals surface area (Å²) >= 11 is 1.80. The van der Waals surface area contributed by atoms with Gasteiger partial charge in [-0.3, -0.25) is 25.0 Å². The highest BCUT2D eigenvalue weighted by atomic mass is 32.2. The zero-order chi connectivity index (χ0) is 23.6. The van der Waals surface area contributed by atoms with Gasteiger partial charge < -0.3 is 15.2 Å². The molecule has 1 fully saturated rings. The normalized spacial score (nSPS) is 15.8. The van der Waals surface area contributed by atoms with E-state index in [0.717, 1.165) is 35.2 Å². The number of phenolic OH excluding ortho intramolecular Hbond substituents is 1. The number of carbonyl (C=O) groups is 2. The number of rotatable bonds is 6. The molecule has 0 spiro atoms. The fourth-order valence-electron chi connectivity index (χ4n) is 2.50. The molecular formula is C17H13N5O8S2. The van der Waals surface area contributed by atoms with Crippen LogP contribution in [0.25, 0.3) is 6.08 Å². The molecule has 1 aliphatic heterocycles. The second-order valence-electron chi connectivity index (χ2n) is 6.03. The molecule has 1 amide bonds. The Bertz CT molecular complexity index is 1220. The first-order valence-corrected chi connectivity index (χ1v) is 10.3. The number of nitrogens with one attached hydrogen (secondary N) is 1. The Kier molecular flexibility index (Phi) is 6.50. The largest absolute Gasteiger partial charge is 0.502 e. The summed E-state index contributed by atoms with van der Waals surface area (Å²) in [7, 11) is 0. The number of hydrogen-bond acceptors (Lipinski definition) is 12. The van der Waals surface area contributed by atoms with E-state index in [0.29, 0.717) is 11.8 Å². The molecule has 0 unspecified atom stereocenters. The highest BCUT2D eigenvalue weighted by Crippen LogP contribution is 2.38. The van der Waals surface area contributed by atoms with E-state index >= 15 is 0 Å². The number of aryl methyl sites for hydroxylation is 1. The van der Waals surface area contributed by atoms with Gasteiger partial charge in [-0.1, -0.05) is 11.3 Å². The van der Waals surface area contributed by atoms with E-state index in [4.69, 9.17) is 4.74 Å². The zero-order valence-electron chi connectivity index (χ0n) is 16.3. The smallest absolute Gasteiger partial charge is 0.350 e. The van der Waals surface area contributed by atoms with Crippen molar-refractivity contribution in [3.8, 4) is 5.75 Å². The second kappa shape index (κ2) is 9.11. The van der Waals surface area contributed by atoms with Gasteiger partial charge in [-0.25, -0.2) is 9.78 Å². The van der Waals surface area contributed by atoms with Crippen LogP contribution in [0.15, 0.2) is 22.0 Å². The van der Waals surface area contributed by atoms with Gasteiger partial charge in [0.15, 0.2) is 5.17 Å². The molecule has 13 nitrogen and oxygen atoms in total. The van der Waals surface area contributed by atoms with Gasteiger partial charge in [-0.05, 0) is 31.7 Å². The van der Waals surface area contributed by atoms with Gasteiger partial charge >= 0.3 is 11.7 Å². The molecule has 2 heterocycles. The maximum absolute atomic E-state index is 12.3. The number of aliphatic imine (C=N–C) groups is 1. The van der Waals surface area contributed by atoms with E-state index < -0.39 is 38.8 Å². The fourth-order valence-corrected chi connectivity index (χ4v) is 4.21. The van der Waals surface area contributed by atoms with Gasteiger partial charge in [0.2, 0.25) is 10.9 Å². The summed E-state index contributed by atoms with van der Waals surface area (Å²) in [5.41, 5.74) is -1.36. The molecule has 15 heteroatoms. The molecule has 1 saturated heterocycles. The van der Waals surface area contributed by atoms with Crippen LogP contribution in [-0.2, 0) is 9.53 Å². The summed E-state index contributed by atoms with van der Waals surface area (Å²) in [6.45, 7) is 3.47. The molecule has 1 aliphatic rings. The number of aromatic nitrogens is 1. The van der Waals surface area contributed by atoms with Crippen molar-refractivity contribution in [2.75, 3.05) is 6.61 Å². The van der Waals surface area contributed by atoms with Crippen molar-refractivity contribution < 1.29 is 29.3 Å². The minimum Gasteiger partial charge on any atom is -0.502 e. The Morgan fingerprint density at radius 2 is 2.06 bits per heavy atom. The third kappa shape index (κ3) is 4.73.